The molecule has 5 nitrogen and oxygen atoms in total. The number of amides is 1. The van der Waals surface area contributed by atoms with E-state index in [1.807, 2.05) is 51.2 Å². The number of carbonyl (C=O) groups is 1. The van der Waals surface area contributed by atoms with Crippen LogP contribution in [0.3, 0.4) is 0 Å². The van der Waals surface area contributed by atoms with E-state index in [0.29, 0.717) is 11.6 Å². The standard InChI is InChI=1S/C16H19N3O2/c1-10-9-13(10)15(20)17-14-11(2)18(3)19(16(14)21)12-7-5-4-6-8-12/h4-8,10,13H,9H2,1-3H3,(H,17,20)/t10-,13+/m1/s1. The van der Waals surface area contributed by atoms with Crippen LogP contribution >= 0.6 is 0 Å². The van der Waals surface area contributed by atoms with Crippen LogP contribution in [0, 0.1) is 18.8 Å². The van der Waals surface area contributed by atoms with Gasteiger partial charge in [-0.25, -0.2) is 4.68 Å². The largest absolute Gasteiger partial charge is 0.320 e. The topological polar surface area (TPSA) is 56.0 Å². The highest BCUT2D eigenvalue weighted by molar-refractivity contribution is 5.94. The van der Waals surface area contributed by atoms with E-state index in [0.717, 1.165) is 17.8 Å². The molecule has 0 aliphatic heterocycles. The van der Waals surface area contributed by atoms with E-state index in [4.69, 9.17) is 0 Å². The summed E-state index contributed by atoms with van der Waals surface area (Å²) in [6.07, 6.45) is 0.907. The van der Waals surface area contributed by atoms with Crippen LogP contribution in [0.15, 0.2) is 35.1 Å². The number of hydrogen-bond acceptors (Lipinski definition) is 2. The van der Waals surface area contributed by atoms with Crippen LogP contribution in [0.1, 0.15) is 19.0 Å². The van der Waals surface area contributed by atoms with Crippen molar-refractivity contribution >= 4 is 11.6 Å². The third-order valence-corrected chi connectivity index (χ3v) is 4.25. The summed E-state index contributed by atoms with van der Waals surface area (Å²) in [7, 11) is 1.82. The van der Waals surface area contributed by atoms with Crippen molar-refractivity contribution in [2.45, 2.75) is 20.3 Å². The van der Waals surface area contributed by atoms with Gasteiger partial charge in [0.2, 0.25) is 5.91 Å². The third-order valence-electron chi connectivity index (χ3n) is 4.25. The molecule has 0 spiro atoms. The lowest BCUT2D eigenvalue weighted by Crippen LogP contribution is -2.23. The van der Waals surface area contributed by atoms with Gasteiger partial charge in [-0.2, -0.15) is 0 Å². The molecule has 1 aliphatic rings. The smallest absolute Gasteiger partial charge is 0.295 e. The minimum Gasteiger partial charge on any atom is -0.320 e. The number of para-hydroxylation sites is 1. The van der Waals surface area contributed by atoms with E-state index < -0.39 is 0 Å². The highest BCUT2D eigenvalue weighted by Crippen LogP contribution is 2.38. The van der Waals surface area contributed by atoms with Crippen LogP contribution in [0.2, 0.25) is 0 Å². The minimum absolute atomic E-state index is 0.0477. The van der Waals surface area contributed by atoms with E-state index in [-0.39, 0.29) is 17.4 Å². The van der Waals surface area contributed by atoms with Crippen molar-refractivity contribution in [2.24, 2.45) is 18.9 Å². The molecule has 5 heteroatoms. The number of anilines is 1. The summed E-state index contributed by atoms with van der Waals surface area (Å²) in [6.45, 7) is 3.89. The molecule has 2 atom stereocenters. The zero-order chi connectivity index (χ0) is 15.1. The number of nitrogens with one attached hydrogen (secondary N) is 1. The second-order valence-electron chi connectivity index (χ2n) is 5.75. The molecule has 1 heterocycles. The molecule has 0 bridgehead atoms. The Labute approximate surface area is 123 Å². The number of benzene rings is 1. The number of hydrogen-bond donors (Lipinski definition) is 1. The van der Waals surface area contributed by atoms with Gasteiger partial charge in [-0.15, -0.1) is 0 Å². The average Bonchev–Trinajstić information content (AvgIpc) is 3.17. The molecule has 1 aromatic heterocycles. The predicted molar refractivity (Wildman–Crippen MR) is 81.6 cm³/mol. The first kappa shape index (κ1) is 13.7. The number of aromatic nitrogens is 2. The summed E-state index contributed by atoms with van der Waals surface area (Å²) in [6, 6.07) is 9.41. The average molecular weight is 285 g/mol. The number of rotatable bonds is 3. The molecule has 0 radical (unpaired) electrons. The van der Waals surface area contributed by atoms with Crippen molar-refractivity contribution in [1.29, 1.82) is 0 Å². The van der Waals surface area contributed by atoms with Gasteiger partial charge in [0.25, 0.3) is 5.56 Å². The fourth-order valence-electron chi connectivity index (χ4n) is 2.62. The lowest BCUT2D eigenvalue weighted by Gasteiger charge is -2.07. The molecule has 0 unspecified atom stereocenters. The molecular formula is C16H19N3O2. The van der Waals surface area contributed by atoms with E-state index in [2.05, 4.69) is 5.32 Å². The summed E-state index contributed by atoms with van der Waals surface area (Å²) in [5, 5.41) is 2.81. The fourth-order valence-corrected chi connectivity index (χ4v) is 2.62. The van der Waals surface area contributed by atoms with Crippen LogP contribution in [-0.4, -0.2) is 15.3 Å². The summed E-state index contributed by atoms with van der Waals surface area (Å²) in [5.74, 6) is 0.424. The third kappa shape index (κ3) is 2.28. The molecular weight excluding hydrogens is 266 g/mol. The molecule has 0 saturated heterocycles. The Bertz CT molecular complexity index is 743. The molecule has 1 N–H and O–H groups in total. The first-order chi connectivity index (χ1) is 10.0. The van der Waals surface area contributed by atoms with Gasteiger partial charge < -0.3 is 5.32 Å². The summed E-state index contributed by atoms with van der Waals surface area (Å²) in [4.78, 5) is 24.7. The molecule has 21 heavy (non-hydrogen) atoms. The van der Waals surface area contributed by atoms with Crippen LogP contribution in [0.4, 0.5) is 5.69 Å². The summed E-state index contributed by atoms with van der Waals surface area (Å²) < 4.78 is 3.34. The Morgan fingerprint density at radius 3 is 2.48 bits per heavy atom. The van der Waals surface area contributed by atoms with Gasteiger partial charge >= 0.3 is 0 Å². The predicted octanol–water partition coefficient (Wildman–Crippen LogP) is 2.08. The molecule has 1 amide bonds. The van der Waals surface area contributed by atoms with Crippen molar-refractivity contribution < 1.29 is 4.79 Å². The van der Waals surface area contributed by atoms with Crippen molar-refractivity contribution in [1.82, 2.24) is 9.36 Å². The Morgan fingerprint density at radius 2 is 1.90 bits per heavy atom. The second kappa shape index (κ2) is 4.91. The summed E-state index contributed by atoms with van der Waals surface area (Å²) >= 11 is 0. The Morgan fingerprint density at radius 1 is 1.29 bits per heavy atom. The normalized spacial score (nSPS) is 20.3. The zero-order valence-corrected chi connectivity index (χ0v) is 12.5. The molecule has 1 aromatic carbocycles. The van der Waals surface area contributed by atoms with Crippen molar-refractivity contribution in [2.75, 3.05) is 5.32 Å². The van der Waals surface area contributed by atoms with Crippen molar-refractivity contribution in [3.63, 3.8) is 0 Å². The van der Waals surface area contributed by atoms with Gasteiger partial charge in [-0.05, 0) is 31.4 Å². The Hall–Kier alpha value is -2.30. The molecule has 1 fully saturated rings. The fraction of sp³-hybridized carbons (Fsp3) is 0.375. The van der Waals surface area contributed by atoms with Gasteiger partial charge in [0.05, 0.1) is 11.4 Å². The van der Waals surface area contributed by atoms with Crippen molar-refractivity contribution in [3.05, 3.63) is 46.4 Å². The van der Waals surface area contributed by atoms with E-state index in [1.165, 1.54) is 0 Å². The molecule has 1 aliphatic carbocycles. The van der Waals surface area contributed by atoms with Crippen LogP contribution < -0.4 is 10.9 Å². The maximum absolute atomic E-state index is 12.6. The SMILES string of the molecule is Cc1c(NC(=O)[C@H]2C[C@H]2C)c(=O)n(-c2ccccc2)n1C. The maximum atomic E-state index is 12.6. The highest BCUT2D eigenvalue weighted by atomic mass is 16.2. The number of carbonyl (C=O) groups excluding carboxylic acids is 1. The quantitative estimate of drug-likeness (QED) is 0.938. The van der Waals surface area contributed by atoms with Crippen LogP contribution in [0.5, 0.6) is 0 Å². The molecule has 3 rings (SSSR count). The second-order valence-corrected chi connectivity index (χ2v) is 5.75. The van der Waals surface area contributed by atoms with Gasteiger partial charge in [0.15, 0.2) is 0 Å². The first-order valence-corrected chi connectivity index (χ1v) is 7.15. The summed E-state index contributed by atoms with van der Waals surface area (Å²) in [5.41, 5.74) is 1.73. The van der Waals surface area contributed by atoms with Gasteiger partial charge in [0, 0.05) is 13.0 Å². The van der Waals surface area contributed by atoms with E-state index in [9.17, 15) is 9.59 Å². The highest BCUT2D eigenvalue weighted by Gasteiger charge is 2.39. The van der Waals surface area contributed by atoms with Crippen LogP contribution in [-0.2, 0) is 11.8 Å². The lowest BCUT2D eigenvalue weighted by molar-refractivity contribution is -0.117. The van der Waals surface area contributed by atoms with Gasteiger partial charge in [-0.3, -0.25) is 14.3 Å². The van der Waals surface area contributed by atoms with E-state index in [1.54, 1.807) is 9.36 Å². The van der Waals surface area contributed by atoms with E-state index >= 15 is 0 Å². The molecule has 110 valence electrons. The molecule has 1 saturated carbocycles. The lowest BCUT2D eigenvalue weighted by atomic mass is 10.3. The number of nitrogens with zero attached hydrogens (tertiary/aromatic N) is 2. The zero-order valence-electron chi connectivity index (χ0n) is 12.5. The van der Waals surface area contributed by atoms with Crippen molar-refractivity contribution in [3.8, 4) is 5.69 Å². The monoisotopic (exact) mass is 285 g/mol. The van der Waals surface area contributed by atoms with Gasteiger partial charge in [-0.1, -0.05) is 25.1 Å². The molecule has 2 aromatic rings. The first-order valence-electron chi connectivity index (χ1n) is 7.15. The van der Waals surface area contributed by atoms with Gasteiger partial charge in [0.1, 0.15) is 5.69 Å². The minimum atomic E-state index is -0.192. The Kier molecular flexibility index (Phi) is 3.20. The van der Waals surface area contributed by atoms with Crippen LogP contribution in [0.25, 0.3) is 5.69 Å². The maximum Gasteiger partial charge on any atom is 0.295 e. The Balaban J connectivity index is 2.00.